The van der Waals surface area contributed by atoms with E-state index in [1.807, 2.05) is 0 Å². The lowest BCUT2D eigenvalue weighted by molar-refractivity contribution is 0.547. The summed E-state index contributed by atoms with van der Waals surface area (Å²) in [5.74, 6) is 0.297. The molecule has 1 aromatic heterocycles. The van der Waals surface area contributed by atoms with E-state index in [0.717, 1.165) is 15.4 Å². The van der Waals surface area contributed by atoms with E-state index in [1.54, 1.807) is 0 Å². The Morgan fingerprint density at radius 2 is 2.25 bits per heavy atom. The molecule has 1 rings (SSSR count). The smallest absolute Gasteiger partial charge is 0.267 e. The predicted octanol–water partition coefficient (Wildman–Crippen LogP) is -0.819. The van der Waals surface area contributed by atoms with Crippen molar-refractivity contribution >= 4 is 11.6 Å². The molecule has 1 heterocycles. The zero-order valence-corrected chi connectivity index (χ0v) is 7.28. The molecule has 6 heteroatoms. The van der Waals surface area contributed by atoms with Gasteiger partial charge >= 0.3 is 5.69 Å². The molecule has 0 fully saturated rings. The van der Waals surface area contributed by atoms with Crippen LogP contribution in [-0.2, 0) is 13.6 Å². The van der Waals surface area contributed by atoms with Gasteiger partial charge in [0.1, 0.15) is 6.20 Å². The van der Waals surface area contributed by atoms with Gasteiger partial charge < -0.3 is 0 Å². The van der Waals surface area contributed by atoms with Gasteiger partial charge in [0.2, 0.25) is 0 Å². The lowest BCUT2D eigenvalue weighted by Gasteiger charge is -2.01. The number of nitrogens with zero attached hydrogens (tertiary/aromatic N) is 3. The summed E-state index contributed by atoms with van der Waals surface area (Å²) in [4.78, 5) is 22.0. The van der Waals surface area contributed by atoms with Crippen LogP contribution < -0.4 is 11.2 Å². The number of hydrogen-bond donors (Lipinski definition) is 0. The number of aryl methyl sites for hydroxylation is 1. The number of rotatable bonds is 2. The molecule has 0 radical (unpaired) electrons. The van der Waals surface area contributed by atoms with Crippen molar-refractivity contribution in [2.45, 2.75) is 6.54 Å². The second kappa shape index (κ2) is 3.53. The Bertz CT molecular complexity index is 381. The number of aromatic nitrogens is 3. The van der Waals surface area contributed by atoms with Gasteiger partial charge in [-0.2, -0.15) is 5.10 Å². The molecule has 0 bridgehead atoms. The minimum absolute atomic E-state index is 0.297. The molecule has 0 amide bonds. The molecule has 0 N–H and O–H groups in total. The highest BCUT2D eigenvalue weighted by atomic mass is 35.5. The first-order chi connectivity index (χ1) is 5.66. The van der Waals surface area contributed by atoms with Crippen molar-refractivity contribution in [3.8, 4) is 0 Å². The first-order valence-electron chi connectivity index (χ1n) is 3.36. The molecular formula is C6H8ClN3O2. The van der Waals surface area contributed by atoms with E-state index in [4.69, 9.17) is 11.6 Å². The maximum absolute atomic E-state index is 11.2. The van der Waals surface area contributed by atoms with Gasteiger partial charge in [-0.1, -0.05) is 0 Å². The van der Waals surface area contributed by atoms with Gasteiger partial charge in [0.05, 0.1) is 6.54 Å². The standard InChI is InChI=1S/C6H8ClN3O2/c1-9-5(11)4-8-10(3-2-7)6(9)12/h4H,2-3H2,1H3. The SMILES string of the molecule is Cn1c(=O)cnn(CCCl)c1=O. The summed E-state index contributed by atoms with van der Waals surface area (Å²) in [6, 6.07) is 0. The molecule has 0 unspecified atom stereocenters. The Balaban J connectivity index is 3.27. The Hall–Kier alpha value is -1.10. The summed E-state index contributed by atoms with van der Waals surface area (Å²) < 4.78 is 2.13. The van der Waals surface area contributed by atoms with Gasteiger partial charge in [0.25, 0.3) is 5.56 Å². The molecule has 0 saturated carbocycles. The second-order valence-electron chi connectivity index (χ2n) is 2.24. The Morgan fingerprint density at radius 3 is 2.83 bits per heavy atom. The van der Waals surface area contributed by atoms with E-state index < -0.39 is 11.2 Å². The highest BCUT2D eigenvalue weighted by Crippen LogP contribution is 1.77. The summed E-state index contributed by atoms with van der Waals surface area (Å²) >= 11 is 5.41. The number of alkyl halides is 1. The van der Waals surface area contributed by atoms with E-state index >= 15 is 0 Å². The maximum Gasteiger partial charge on any atom is 0.347 e. The molecule has 0 spiro atoms. The van der Waals surface area contributed by atoms with Crippen molar-refractivity contribution in [1.29, 1.82) is 0 Å². The predicted molar refractivity (Wildman–Crippen MR) is 44.5 cm³/mol. The van der Waals surface area contributed by atoms with Crippen LogP contribution in [0.25, 0.3) is 0 Å². The zero-order chi connectivity index (χ0) is 9.14. The zero-order valence-electron chi connectivity index (χ0n) is 6.53. The molecular weight excluding hydrogens is 182 g/mol. The first kappa shape index (κ1) is 8.99. The normalized spacial score (nSPS) is 10.2. The van der Waals surface area contributed by atoms with Crippen LogP contribution in [0.4, 0.5) is 0 Å². The largest absolute Gasteiger partial charge is 0.347 e. The average Bonchev–Trinajstić information content (AvgIpc) is 2.07. The van der Waals surface area contributed by atoms with Crippen molar-refractivity contribution in [3.63, 3.8) is 0 Å². The monoisotopic (exact) mass is 189 g/mol. The lowest BCUT2D eigenvalue weighted by Crippen LogP contribution is -2.39. The molecule has 0 aliphatic heterocycles. The summed E-state index contributed by atoms with van der Waals surface area (Å²) in [5, 5.41) is 3.61. The van der Waals surface area contributed by atoms with Crippen molar-refractivity contribution in [1.82, 2.24) is 14.3 Å². The Morgan fingerprint density at radius 1 is 1.58 bits per heavy atom. The van der Waals surface area contributed by atoms with E-state index in [1.165, 1.54) is 7.05 Å². The minimum atomic E-state index is -0.442. The fourth-order valence-electron chi connectivity index (χ4n) is 0.756. The van der Waals surface area contributed by atoms with Crippen LogP contribution in [0.3, 0.4) is 0 Å². The summed E-state index contributed by atoms with van der Waals surface area (Å²) in [5.41, 5.74) is -0.853. The van der Waals surface area contributed by atoms with Crippen molar-refractivity contribution < 1.29 is 0 Å². The Labute approximate surface area is 73.2 Å². The molecule has 0 atom stereocenters. The number of hydrogen-bond acceptors (Lipinski definition) is 3. The van der Waals surface area contributed by atoms with Gasteiger partial charge in [-0.25, -0.2) is 9.48 Å². The summed E-state index contributed by atoms with van der Waals surface area (Å²) in [7, 11) is 1.40. The molecule has 5 nitrogen and oxygen atoms in total. The minimum Gasteiger partial charge on any atom is -0.267 e. The quantitative estimate of drug-likeness (QED) is 0.572. The third-order valence-electron chi connectivity index (χ3n) is 1.44. The first-order valence-corrected chi connectivity index (χ1v) is 3.89. The van der Waals surface area contributed by atoms with Crippen LogP contribution in [-0.4, -0.2) is 20.2 Å². The highest BCUT2D eigenvalue weighted by Gasteiger charge is 2.00. The highest BCUT2D eigenvalue weighted by molar-refractivity contribution is 6.17. The summed E-state index contributed by atoms with van der Waals surface area (Å²) in [6.07, 6.45) is 1.09. The molecule has 0 aliphatic carbocycles. The van der Waals surface area contributed by atoms with Gasteiger partial charge in [-0.15, -0.1) is 11.6 Å². The third-order valence-corrected chi connectivity index (χ3v) is 1.61. The maximum atomic E-state index is 11.2. The van der Waals surface area contributed by atoms with Gasteiger partial charge in [-0.3, -0.25) is 9.36 Å². The molecule has 1 aromatic rings. The van der Waals surface area contributed by atoms with Gasteiger partial charge in [-0.05, 0) is 0 Å². The van der Waals surface area contributed by atoms with Crippen LogP contribution in [0.15, 0.2) is 15.8 Å². The third kappa shape index (κ3) is 1.55. The molecule has 12 heavy (non-hydrogen) atoms. The molecule has 0 aliphatic rings. The van der Waals surface area contributed by atoms with E-state index in [2.05, 4.69) is 5.10 Å². The van der Waals surface area contributed by atoms with Crippen LogP contribution in [0.2, 0.25) is 0 Å². The average molecular weight is 190 g/mol. The van der Waals surface area contributed by atoms with Crippen LogP contribution >= 0.6 is 11.6 Å². The van der Waals surface area contributed by atoms with Crippen molar-refractivity contribution in [2.24, 2.45) is 7.05 Å². The molecule has 66 valence electrons. The molecule has 0 saturated heterocycles. The van der Waals surface area contributed by atoms with Crippen LogP contribution in [0.1, 0.15) is 0 Å². The van der Waals surface area contributed by atoms with E-state index in [0.29, 0.717) is 12.4 Å². The fourth-order valence-corrected chi connectivity index (χ4v) is 0.916. The van der Waals surface area contributed by atoms with Crippen molar-refractivity contribution in [2.75, 3.05) is 5.88 Å². The van der Waals surface area contributed by atoms with Crippen LogP contribution in [0, 0.1) is 0 Å². The fraction of sp³-hybridized carbons (Fsp3) is 0.500. The van der Waals surface area contributed by atoms with Gasteiger partial charge in [0, 0.05) is 12.9 Å². The summed E-state index contributed by atoms with van der Waals surface area (Å²) in [6.45, 7) is 0.314. The number of halogens is 1. The van der Waals surface area contributed by atoms with Gasteiger partial charge in [0.15, 0.2) is 0 Å². The van der Waals surface area contributed by atoms with E-state index in [-0.39, 0.29) is 0 Å². The van der Waals surface area contributed by atoms with Crippen molar-refractivity contribution in [3.05, 3.63) is 27.0 Å². The van der Waals surface area contributed by atoms with E-state index in [9.17, 15) is 9.59 Å². The Kier molecular flexibility index (Phi) is 2.65. The second-order valence-corrected chi connectivity index (χ2v) is 2.61. The lowest BCUT2D eigenvalue weighted by atomic mass is 10.7. The molecule has 0 aromatic carbocycles. The topological polar surface area (TPSA) is 56.9 Å². The van der Waals surface area contributed by atoms with Crippen LogP contribution in [0.5, 0.6) is 0 Å².